The summed E-state index contributed by atoms with van der Waals surface area (Å²) in [4.78, 5) is 15.4. The molecule has 0 aliphatic carbocycles. The van der Waals surface area contributed by atoms with E-state index in [-0.39, 0.29) is 5.69 Å². The normalized spacial score (nSPS) is 12.0. The van der Waals surface area contributed by atoms with Crippen molar-refractivity contribution in [2.75, 3.05) is 5.73 Å². The van der Waals surface area contributed by atoms with Crippen LogP contribution in [0.15, 0.2) is 40.8 Å². The number of aromatic nitrogens is 4. The maximum Gasteiger partial charge on any atom is 0.416 e. The molecular weight excluding hydrogens is 303 g/mol. The summed E-state index contributed by atoms with van der Waals surface area (Å²) in [6, 6.07) is 3.23. The lowest BCUT2D eigenvalue weighted by Gasteiger charge is -2.10. The van der Waals surface area contributed by atoms with E-state index in [9.17, 15) is 13.2 Å². The molecule has 0 bridgehead atoms. The van der Waals surface area contributed by atoms with Gasteiger partial charge in [0.1, 0.15) is 16.9 Å². The van der Waals surface area contributed by atoms with Gasteiger partial charge in [-0.3, -0.25) is 0 Å². The maximum atomic E-state index is 12.6. The van der Waals surface area contributed by atoms with Gasteiger partial charge >= 0.3 is 6.18 Å². The van der Waals surface area contributed by atoms with Gasteiger partial charge in [0.05, 0.1) is 11.9 Å². The van der Waals surface area contributed by atoms with Gasteiger partial charge in [0, 0.05) is 10.6 Å². The summed E-state index contributed by atoms with van der Waals surface area (Å²) in [5.41, 5.74) is 6.06. The highest BCUT2D eigenvalue weighted by atomic mass is 32.2. The van der Waals surface area contributed by atoms with Crippen LogP contribution in [0.3, 0.4) is 0 Å². The highest BCUT2D eigenvalue weighted by Gasteiger charge is 2.30. The number of halogens is 3. The number of nitrogens with one attached hydrogen (secondary N) is 1. The SMILES string of the molecule is Nc1cc(C(F)(F)F)ccc1Sc1ncnc2nc[nH]c12. The van der Waals surface area contributed by atoms with Gasteiger partial charge < -0.3 is 10.7 Å². The summed E-state index contributed by atoms with van der Waals surface area (Å²) >= 11 is 1.15. The van der Waals surface area contributed by atoms with Crippen LogP contribution in [0.4, 0.5) is 18.9 Å². The molecule has 2 aromatic heterocycles. The third kappa shape index (κ3) is 2.64. The number of nitrogen functional groups attached to an aromatic ring is 1. The molecule has 0 unspecified atom stereocenters. The molecule has 0 spiro atoms. The van der Waals surface area contributed by atoms with Crippen LogP contribution in [0.5, 0.6) is 0 Å². The number of anilines is 1. The summed E-state index contributed by atoms with van der Waals surface area (Å²) < 4.78 is 37.8. The quantitative estimate of drug-likeness (QED) is 0.561. The molecular formula is C12H8F3N5S. The number of nitrogens with two attached hydrogens (primary N) is 1. The Morgan fingerprint density at radius 2 is 1.95 bits per heavy atom. The van der Waals surface area contributed by atoms with Crippen LogP contribution in [0.25, 0.3) is 11.2 Å². The van der Waals surface area contributed by atoms with Crippen molar-refractivity contribution in [3.05, 3.63) is 36.4 Å². The molecule has 0 amide bonds. The lowest BCUT2D eigenvalue weighted by molar-refractivity contribution is -0.137. The Morgan fingerprint density at radius 1 is 1.14 bits per heavy atom. The fourth-order valence-electron chi connectivity index (χ4n) is 1.74. The molecule has 0 aliphatic rings. The van der Waals surface area contributed by atoms with E-state index in [0.717, 1.165) is 23.9 Å². The van der Waals surface area contributed by atoms with Crippen LogP contribution in [-0.2, 0) is 6.18 Å². The lowest BCUT2D eigenvalue weighted by atomic mass is 10.2. The largest absolute Gasteiger partial charge is 0.416 e. The Hall–Kier alpha value is -2.29. The van der Waals surface area contributed by atoms with Crippen molar-refractivity contribution in [3.8, 4) is 0 Å². The molecule has 3 rings (SSSR count). The fraction of sp³-hybridized carbons (Fsp3) is 0.0833. The first-order chi connectivity index (χ1) is 9.95. The molecule has 2 heterocycles. The van der Waals surface area contributed by atoms with E-state index in [2.05, 4.69) is 19.9 Å². The molecule has 3 aromatic rings. The fourth-order valence-corrected chi connectivity index (χ4v) is 2.62. The Bertz CT molecular complexity index is 799. The van der Waals surface area contributed by atoms with Crippen LogP contribution in [0, 0.1) is 0 Å². The summed E-state index contributed by atoms with van der Waals surface area (Å²) in [5.74, 6) is 0. The van der Waals surface area contributed by atoms with Gasteiger partial charge in [0.25, 0.3) is 0 Å². The molecule has 5 nitrogen and oxygen atoms in total. The number of benzene rings is 1. The standard InChI is InChI=1S/C12H8F3N5S/c13-12(14,15)6-1-2-8(7(16)3-6)21-11-9-10(18-4-17-9)19-5-20-11/h1-5H,16H2,(H,17,18,19,20). The second-order valence-corrected chi connectivity index (χ2v) is 5.16. The first-order valence-corrected chi connectivity index (χ1v) is 6.55. The molecule has 0 aliphatic heterocycles. The van der Waals surface area contributed by atoms with Crippen molar-refractivity contribution in [1.29, 1.82) is 0 Å². The predicted octanol–water partition coefficient (Wildman–Crippen LogP) is 3.11. The van der Waals surface area contributed by atoms with Gasteiger partial charge in [-0.05, 0) is 18.2 Å². The summed E-state index contributed by atoms with van der Waals surface area (Å²) in [5, 5.41) is 0.545. The van der Waals surface area contributed by atoms with E-state index in [1.54, 1.807) is 0 Å². The topological polar surface area (TPSA) is 80.5 Å². The van der Waals surface area contributed by atoms with E-state index < -0.39 is 11.7 Å². The van der Waals surface area contributed by atoms with Crippen molar-refractivity contribution in [2.45, 2.75) is 16.1 Å². The Morgan fingerprint density at radius 3 is 2.67 bits per heavy atom. The molecule has 0 atom stereocenters. The maximum absolute atomic E-state index is 12.6. The zero-order valence-electron chi connectivity index (χ0n) is 10.3. The minimum Gasteiger partial charge on any atom is -0.398 e. The average molecular weight is 311 g/mol. The minimum absolute atomic E-state index is 0.0427. The number of hydrogen-bond donors (Lipinski definition) is 2. The Labute approximate surface area is 120 Å². The van der Waals surface area contributed by atoms with Crippen LogP contribution < -0.4 is 5.73 Å². The van der Waals surface area contributed by atoms with E-state index in [4.69, 9.17) is 5.73 Å². The van der Waals surface area contributed by atoms with Crippen molar-refractivity contribution in [1.82, 2.24) is 19.9 Å². The molecule has 0 saturated heterocycles. The summed E-state index contributed by atoms with van der Waals surface area (Å²) in [6.45, 7) is 0. The zero-order valence-corrected chi connectivity index (χ0v) is 11.2. The van der Waals surface area contributed by atoms with Crippen molar-refractivity contribution in [2.24, 2.45) is 0 Å². The Balaban J connectivity index is 1.97. The second-order valence-electron chi connectivity index (χ2n) is 4.13. The highest BCUT2D eigenvalue weighted by Crippen LogP contribution is 2.37. The van der Waals surface area contributed by atoms with E-state index in [1.165, 1.54) is 18.7 Å². The molecule has 1 aromatic carbocycles. The van der Waals surface area contributed by atoms with Crippen LogP contribution in [0.2, 0.25) is 0 Å². The summed E-state index contributed by atoms with van der Waals surface area (Å²) in [7, 11) is 0. The van der Waals surface area contributed by atoms with Gasteiger partial charge in [0.15, 0.2) is 5.65 Å². The van der Waals surface area contributed by atoms with Gasteiger partial charge in [-0.1, -0.05) is 11.8 Å². The van der Waals surface area contributed by atoms with Crippen molar-refractivity contribution in [3.63, 3.8) is 0 Å². The molecule has 21 heavy (non-hydrogen) atoms. The van der Waals surface area contributed by atoms with E-state index >= 15 is 0 Å². The van der Waals surface area contributed by atoms with E-state index in [1.807, 2.05) is 0 Å². The van der Waals surface area contributed by atoms with Crippen LogP contribution in [-0.4, -0.2) is 19.9 Å². The van der Waals surface area contributed by atoms with Crippen LogP contribution in [0.1, 0.15) is 5.56 Å². The third-order valence-corrected chi connectivity index (χ3v) is 3.83. The number of nitrogens with zero attached hydrogens (tertiary/aromatic N) is 3. The molecule has 0 fully saturated rings. The molecule has 0 saturated carbocycles. The number of alkyl halides is 3. The molecule has 0 radical (unpaired) electrons. The average Bonchev–Trinajstić information content (AvgIpc) is 2.89. The number of rotatable bonds is 2. The number of aromatic amines is 1. The highest BCUT2D eigenvalue weighted by molar-refractivity contribution is 7.99. The van der Waals surface area contributed by atoms with Crippen molar-refractivity contribution < 1.29 is 13.2 Å². The number of hydrogen-bond acceptors (Lipinski definition) is 5. The number of fused-ring (bicyclic) bond motifs is 1. The molecule has 108 valence electrons. The molecule has 9 heteroatoms. The number of imidazole rings is 1. The van der Waals surface area contributed by atoms with Gasteiger partial charge in [-0.25, -0.2) is 15.0 Å². The van der Waals surface area contributed by atoms with Crippen LogP contribution >= 0.6 is 11.8 Å². The molecule has 3 N–H and O–H groups in total. The Kier molecular flexibility index (Phi) is 3.20. The predicted molar refractivity (Wildman–Crippen MR) is 71.7 cm³/mol. The van der Waals surface area contributed by atoms with Crippen molar-refractivity contribution >= 4 is 28.6 Å². The lowest BCUT2D eigenvalue weighted by Crippen LogP contribution is -2.05. The third-order valence-electron chi connectivity index (χ3n) is 2.73. The monoisotopic (exact) mass is 311 g/mol. The first-order valence-electron chi connectivity index (χ1n) is 5.74. The van der Waals surface area contributed by atoms with Gasteiger partial charge in [-0.15, -0.1) is 0 Å². The first kappa shape index (κ1) is 13.7. The zero-order chi connectivity index (χ0) is 15.0. The van der Waals surface area contributed by atoms with E-state index in [0.29, 0.717) is 21.1 Å². The minimum atomic E-state index is -4.41. The van der Waals surface area contributed by atoms with Gasteiger partial charge in [0.2, 0.25) is 0 Å². The van der Waals surface area contributed by atoms with Gasteiger partial charge in [-0.2, -0.15) is 13.2 Å². The second kappa shape index (κ2) is 4.92. The number of H-pyrrole nitrogens is 1. The summed E-state index contributed by atoms with van der Waals surface area (Å²) in [6.07, 6.45) is -1.60. The smallest absolute Gasteiger partial charge is 0.398 e.